The number of hydrogen-bond acceptors (Lipinski definition) is 2. The van der Waals surface area contributed by atoms with Crippen LogP contribution in [0.1, 0.15) is 13.3 Å². The maximum atomic E-state index is 4.67. The van der Waals surface area contributed by atoms with Gasteiger partial charge in [0.1, 0.15) is 6.61 Å². The van der Waals surface area contributed by atoms with E-state index in [0.717, 1.165) is 6.42 Å². The van der Waals surface area contributed by atoms with Gasteiger partial charge in [-0.2, -0.15) is 0 Å². The normalized spacial score (nSPS) is 7.14. The molecule has 0 aliphatic heterocycles. The Kier molecular flexibility index (Phi) is 5.07. The molecule has 0 bridgehead atoms. The van der Waals surface area contributed by atoms with Crippen LogP contribution < -0.4 is 5.90 Å². The van der Waals surface area contributed by atoms with E-state index in [2.05, 4.69) is 22.6 Å². The Morgan fingerprint density at radius 1 is 1.57 bits per heavy atom. The molecule has 2 N–H and O–H groups in total. The minimum Gasteiger partial charge on any atom is -0.292 e. The summed E-state index contributed by atoms with van der Waals surface area (Å²) in [5, 5.41) is 0. The van der Waals surface area contributed by atoms with Gasteiger partial charge in [-0.25, -0.2) is 5.90 Å². The van der Waals surface area contributed by atoms with E-state index in [9.17, 15) is 0 Å². The summed E-state index contributed by atoms with van der Waals surface area (Å²) in [7, 11) is 0. The van der Waals surface area contributed by atoms with Crippen LogP contribution in [0.25, 0.3) is 0 Å². The van der Waals surface area contributed by atoms with Gasteiger partial charge in [0, 0.05) is 6.42 Å². The van der Waals surface area contributed by atoms with Crippen LogP contribution in [0.15, 0.2) is 0 Å². The molecule has 0 heterocycles. The van der Waals surface area contributed by atoms with Crippen molar-refractivity contribution in [2.45, 2.75) is 13.3 Å². The lowest BCUT2D eigenvalue weighted by Gasteiger charge is -1.79. The third kappa shape index (κ3) is 5.48. The molecule has 40 valence electrons. The zero-order valence-electron chi connectivity index (χ0n) is 4.40. The third-order valence-corrected chi connectivity index (χ3v) is 0.457. The molecule has 0 atom stereocenters. The van der Waals surface area contributed by atoms with E-state index in [1.807, 2.05) is 6.92 Å². The lowest BCUT2D eigenvalue weighted by Crippen LogP contribution is -1.97. The largest absolute Gasteiger partial charge is 0.292 e. The van der Waals surface area contributed by atoms with Gasteiger partial charge in [0.2, 0.25) is 0 Å². The highest BCUT2D eigenvalue weighted by molar-refractivity contribution is 4.97. The highest BCUT2D eigenvalue weighted by Gasteiger charge is 1.64. The first-order valence-electron chi connectivity index (χ1n) is 2.19. The maximum Gasteiger partial charge on any atom is 0.128 e. The van der Waals surface area contributed by atoms with Crippen LogP contribution in [-0.4, -0.2) is 6.61 Å². The fraction of sp³-hybridized carbons (Fsp3) is 0.600. The van der Waals surface area contributed by atoms with Crippen molar-refractivity contribution in [3.8, 4) is 11.8 Å². The van der Waals surface area contributed by atoms with Crippen molar-refractivity contribution < 1.29 is 4.84 Å². The van der Waals surface area contributed by atoms with Crippen LogP contribution >= 0.6 is 0 Å². The molecule has 0 unspecified atom stereocenters. The Morgan fingerprint density at radius 3 is 2.71 bits per heavy atom. The average Bonchev–Trinajstić information content (AvgIpc) is 1.69. The quantitative estimate of drug-likeness (QED) is 0.379. The molecule has 0 aliphatic rings. The monoisotopic (exact) mass is 99.1 g/mol. The van der Waals surface area contributed by atoms with Gasteiger partial charge in [-0.3, -0.25) is 4.84 Å². The Bertz CT molecular complexity index is 79.8. The highest BCUT2D eigenvalue weighted by Crippen LogP contribution is 1.65. The van der Waals surface area contributed by atoms with Crippen molar-refractivity contribution in [3.05, 3.63) is 0 Å². The predicted octanol–water partition coefficient (Wildman–Crippen LogP) is 0.290. The molecule has 7 heavy (non-hydrogen) atoms. The van der Waals surface area contributed by atoms with Crippen molar-refractivity contribution in [2.24, 2.45) is 5.90 Å². The summed E-state index contributed by atoms with van der Waals surface area (Å²) < 4.78 is 0. The second kappa shape index (κ2) is 5.48. The molecule has 0 aromatic rings. The summed E-state index contributed by atoms with van der Waals surface area (Å²) in [6.45, 7) is 2.32. The summed E-state index contributed by atoms with van der Waals surface area (Å²) in [4.78, 5) is 4.17. The molecule has 0 aliphatic carbocycles. The van der Waals surface area contributed by atoms with Crippen LogP contribution in [0.5, 0.6) is 0 Å². The Hall–Kier alpha value is -0.520. The first kappa shape index (κ1) is 6.48. The summed E-state index contributed by atoms with van der Waals surface area (Å²) in [5.41, 5.74) is 0. The molecule has 0 saturated heterocycles. The second-order valence-electron chi connectivity index (χ2n) is 1.02. The van der Waals surface area contributed by atoms with Crippen molar-refractivity contribution in [1.29, 1.82) is 0 Å². The zero-order chi connectivity index (χ0) is 5.54. The Morgan fingerprint density at radius 2 is 2.29 bits per heavy atom. The van der Waals surface area contributed by atoms with Gasteiger partial charge in [0.05, 0.1) is 0 Å². The predicted molar refractivity (Wildman–Crippen MR) is 28.2 cm³/mol. The average molecular weight is 99.1 g/mol. The fourth-order valence-corrected chi connectivity index (χ4v) is 0.218. The van der Waals surface area contributed by atoms with Gasteiger partial charge in [0.25, 0.3) is 0 Å². The molecule has 2 heteroatoms. The van der Waals surface area contributed by atoms with E-state index < -0.39 is 0 Å². The lowest BCUT2D eigenvalue weighted by molar-refractivity contribution is 0.173. The van der Waals surface area contributed by atoms with Gasteiger partial charge in [0.15, 0.2) is 0 Å². The third-order valence-electron chi connectivity index (χ3n) is 0.457. The number of hydrogen-bond donors (Lipinski definition) is 1. The first-order valence-corrected chi connectivity index (χ1v) is 2.19. The van der Waals surface area contributed by atoms with E-state index >= 15 is 0 Å². The summed E-state index contributed by atoms with van der Waals surface area (Å²) in [6, 6.07) is 0. The van der Waals surface area contributed by atoms with E-state index in [0.29, 0.717) is 6.61 Å². The molecular formula is C5H9NO. The summed E-state index contributed by atoms with van der Waals surface area (Å²) in [6.07, 6.45) is 0.864. The molecule has 0 saturated carbocycles. The number of nitrogens with two attached hydrogens (primary N) is 1. The fourth-order valence-electron chi connectivity index (χ4n) is 0.218. The van der Waals surface area contributed by atoms with Crippen molar-refractivity contribution >= 4 is 0 Å². The zero-order valence-corrected chi connectivity index (χ0v) is 4.40. The van der Waals surface area contributed by atoms with Crippen molar-refractivity contribution in [3.63, 3.8) is 0 Å². The lowest BCUT2D eigenvalue weighted by atomic mass is 10.5. The molecule has 0 fully saturated rings. The van der Waals surface area contributed by atoms with Crippen LogP contribution in [0.3, 0.4) is 0 Å². The van der Waals surface area contributed by atoms with Gasteiger partial charge < -0.3 is 0 Å². The first-order chi connectivity index (χ1) is 3.41. The summed E-state index contributed by atoms with van der Waals surface area (Å²) >= 11 is 0. The minimum atomic E-state index is 0.341. The molecule has 0 aromatic carbocycles. The maximum absolute atomic E-state index is 4.67. The molecule has 0 radical (unpaired) electrons. The van der Waals surface area contributed by atoms with Crippen molar-refractivity contribution in [2.75, 3.05) is 6.61 Å². The molecule has 0 spiro atoms. The van der Waals surface area contributed by atoms with Crippen LogP contribution in [0.4, 0.5) is 0 Å². The molecule has 0 aromatic heterocycles. The highest BCUT2D eigenvalue weighted by atomic mass is 16.6. The molecular weight excluding hydrogens is 90.1 g/mol. The van der Waals surface area contributed by atoms with Gasteiger partial charge in [-0.1, -0.05) is 12.8 Å². The van der Waals surface area contributed by atoms with E-state index in [-0.39, 0.29) is 0 Å². The van der Waals surface area contributed by atoms with E-state index in [1.165, 1.54) is 0 Å². The molecule has 0 rings (SSSR count). The molecule has 2 nitrogen and oxygen atoms in total. The van der Waals surface area contributed by atoms with Crippen LogP contribution in [-0.2, 0) is 4.84 Å². The van der Waals surface area contributed by atoms with Crippen molar-refractivity contribution in [1.82, 2.24) is 0 Å². The standard InChI is InChI=1S/C5H9NO/c1-2-3-4-5-7-6/h2,5-6H2,1H3. The van der Waals surface area contributed by atoms with Gasteiger partial charge >= 0.3 is 0 Å². The summed E-state index contributed by atoms with van der Waals surface area (Å²) in [5.74, 6) is 10.1. The van der Waals surface area contributed by atoms with Crippen LogP contribution in [0.2, 0.25) is 0 Å². The van der Waals surface area contributed by atoms with Crippen LogP contribution in [0, 0.1) is 11.8 Å². The van der Waals surface area contributed by atoms with E-state index in [4.69, 9.17) is 0 Å². The smallest absolute Gasteiger partial charge is 0.128 e. The Balaban J connectivity index is 2.91. The SMILES string of the molecule is CCC#CCON. The second-order valence-corrected chi connectivity index (χ2v) is 1.02. The Labute approximate surface area is 43.6 Å². The van der Waals surface area contributed by atoms with Gasteiger partial charge in [-0.15, -0.1) is 5.92 Å². The minimum absolute atomic E-state index is 0.341. The topological polar surface area (TPSA) is 35.2 Å². The molecule has 0 amide bonds. The van der Waals surface area contributed by atoms with Gasteiger partial charge in [-0.05, 0) is 0 Å². The number of rotatable bonds is 1. The van der Waals surface area contributed by atoms with E-state index in [1.54, 1.807) is 0 Å².